The van der Waals surface area contributed by atoms with Crippen molar-refractivity contribution in [3.05, 3.63) is 0 Å². The normalized spacial score (nSPS) is 14.7. The van der Waals surface area contributed by atoms with E-state index in [0.29, 0.717) is 12.8 Å². The molecule has 308 valence electrons. The van der Waals surface area contributed by atoms with Gasteiger partial charge in [0.1, 0.15) is 24.2 Å². The number of aliphatic imine (C=N–C) groups is 2. The van der Waals surface area contributed by atoms with E-state index in [1.165, 1.54) is 0 Å². The van der Waals surface area contributed by atoms with Crippen LogP contribution in [0.3, 0.4) is 0 Å². The van der Waals surface area contributed by atoms with Crippen LogP contribution in [0.5, 0.6) is 0 Å². The molecule has 0 aliphatic carbocycles. The molecule has 0 spiro atoms. The van der Waals surface area contributed by atoms with Crippen molar-refractivity contribution in [1.29, 1.82) is 0 Å². The molecule has 0 saturated carbocycles. The SMILES string of the molecule is C[C@@H](O)[C@H](NC(=O)[C@H](CS)NC(=O)[C@H](CCCN=C(N)N)NC(=O)[C@H](CCCCN)NC(=O)[C@H](CCCN=C(N)N)NC(=O)[C@@H](N)CCC(=O)O)C(=O)O. The first-order chi connectivity index (χ1) is 25.3. The molecule has 0 fully saturated rings. The highest BCUT2D eigenvalue weighted by Crippen LogP contribution is 2.08. The van der Waals surface area contributed by atoms with Crippen molar-refractivity contribution in [3.8, 4) is 0 Å². The third-order valence-electron chi connectivity index (χ3n) is 7.60. The first-order valence-electron chi connectivity index (χ1n) is 17.2. The predicted molar refractivity (Wildman–Crippen MR) is 200 cm³/mol. The predicted octanol–water partition coefficient (Wildman–Crippen LogP) is -5.77. The van der Waals surface area contributed by atoms with Gasteiger partial charge in [-0.05, 0) is 64.8 Å². The van der Waals surface area contributed by atoms with Gasteiger partial charge in [0.05, 0.1) is 12.1 Å². The minimum Gasteiger partial charge on any atom is -0.481 e. The molecule has 0 saturated heterocycles. The molecule has 20 N–H and O–H groups in total. The maximum atomic E-state index is 13.8. The van der Waals surface area contributed by atoms with Crippen LogP contribution in [-0.2, 0) is 33.6 Å². The summed E-state index contributed by atoms with van der Waals surface area (Å²) in [6.07, 6.45) is -0.950. The van der Waals surface area contributed by atoms with Gasteiger partial charge in [-0.2, -0.15) is 12.6 Å². The van der Waals surface area contributed by atoms with E-state index in [9.17, 15) is 43.8 Å². The van der Waals surface area contributed by atoms with Gasteiger partial charge in [-0.25, -0.2) is 4.79 Å². The van der Waals surface area contributed by atoms with E-state index >= 15 is 0 Å². The molecular formula is C30H57N13O10S. The van der Waals surface area contributed by atoms with Gasteiger partial charge in [0.2, 0.25) is 29.5 Å². The number of nitrogens with zero attached hydrogens (tertiary/aromatic N) is 2. The fraction of sp³-hybridized carbons (Fsp3) is 0.700. The number of amides is 5. The summed E-state index contributed by atoms with van der Waals surface area (Å²) < 4.78 is 0. The average Bonchev–Trinajstić information content (AvgIpc) is 3.09. The number of aliphatic hydroxyl groups excluding tert-OH is 1. The van der Waals surface area contributed by atoms with E-state index in [2.05, 4.69) is 49.2 Å². The first-order valence-corrected chi connectivity index (χ1v) is 17.8. The fourth-order valence-electron chi connectivity index (χ4n) is 4.65. The lowest BCUT2D eigenvalue weighted by molar-refractivity contribution is -0.145. The second-order valence-corrected chi connectivity index (χ2v) is 12.6. The van der Waals surface area contributed by atoms with Crippen LogP contribution in [0.1, 0.15) is 64.7 Å². The van der Waals surface area contributed by atoms with E-state index in [-0.39, 0.29) is 75.8 Å². The zero-order chi connectivity index (χ0) is 41.4. The number of thiol groups is 1. The molecule has 5 amide bonds. The van der Waals surface area contributed by atoms with Crippen molar-refractivity contribution in [3.63, 3.8) is 0 Å². The van der Waals surface area contributed by atoms with Gasteiger partial charge in [0, 0.05) is 25.3 Å². The molecule has 54 heavy (non-hydrogen) atoms. The van der Waals surface area contributed by atoms with E-state index in [1.54, 1.807) is 0 Å². The van der Waals surface area contributed by atoms with Crippen LogP contribution >= 0.6 is 12.6 Å². The zero-order valence-electron chi connectivity index (χ0n) is 30.2. The number of hydrogen-bond donors (Lipinski definition) is 15. The van der Waals surface area contributed by atoms with Gasteiger partial charge < -0.3 is 76.3 Å². The Morgan fingerprint density at radius 1 is 0.630 bits per heavy atom. The molecule has 0 aromatic heterocycles. The number of hydrogen-bond acceptors (Lipinski definition) is 13. The van der Waals surface area contributed by atoms with Crippen molar-refractivity contribution >= 4 is 66.0 Å². The summed E-state index contributed by atoms with van der Waals surface area (Å²) in [5.74, 6) is -7.70. The molecule has 0 aliphatic heterocycles. The molecule has 24 heteroatoms. The monoisotopic (exact) mass is 791 g/mol. The molecule has 0 unspecified atom stereocenters. The smallest absolute Gasteiger partial charge is 0.328 e. The van der Waals surface area contributed by atoms with Gasteiger partial charge in [-0.1, -0.05) is 0 Å². The van der Waals surface area contributed by atoms with Crippen molar-refractivity contribution < 1.29 is 48.9 Å². The van der Waals surface area contributed by atoms with Crippen LogP contribution in [0.15, 0.2) is 9.98 Å². The van der Waals surface area contributed by atoms with Gasteiger partial charge >= 0.3 is 11.9 Å². The molecule has 0 aromatic rings. The van der Waals surface area contributed by atoms with Crippen LogP contribution in [0.2, 0.25) is 0 Å². The summed E-state index contributed by atoms with van der Waals surface area (Å²) in [4.78, 5) is 96.6. The molecule has 0 radical (unpaired) electrons. The number of unbranched alkanes of at least 4 members (excludes halogenated alkanes) is 1. The number of guanidine groups is 2. The minimum atomic E-state index is -1.69. The Hall–Kier alpha value is -4.94. The van der Waals surface area contributed by atoms with Gasteiger partial charge in [0.25, 0.3) is 0 Å². The maximum absolute atomic E-state index is 13.8. The summed E-state index contributed by atoms with van der Waals surface area (Å²) in [6.45, 7) is 1.56. The number of carbonyl (C=O) groups is 7. The lowest BCUT2D eigenvalue weighted by Gasteiger charge is -2.27. The lowest BCUT2D eigenvalue weighted by atomic mass is 10.0. The summed E-state index contributed by atoms with van der Waals surface area (Å²) in [6, 6.07) is -8.24. The quantitative estimate of drug-likeness (QED) is 0.0152. The van der Waals surface area contributed by atoms with Crippen LogP contribution in [0, 0.1) is 0 Å². The van der Waals surface area contributed by atoms with Crippen molar-refractivity contribution in [2.24, 2.45) is 44.4 Å². The van der Waals surface area contributed by atoms with Crippen molar-refractivity contribution in [2.45, 2.75) is 107 Å². The minimum absolute atomic E-state index is 0.0159. The molecule has 7 atom stereocenters. The van der Waals surface area contributed by atoms with Crippen LogP contribution in [0.25, 0.3) is 0 Å². The number of aliphatic hydroxyl groups is 1. The number of nitrogens with two attached hydrogens (primary N) is 6. The van der Waals surface area contributed by atoms with Crippen LogP contribution < -0.4 is 61.0 Å². The Morgan fingerprint density at radius 2 is 1.04 bits per heavy atom. The molecule has 0 aliphatic rings. The Morgan fingerprint density at radius 3 is 1.41 bits per heavy atom. The highest BCUT2D eigenvalue weighted by molar-refractivity contribution is 7.80. The second-order valence-electron chi connectivity index (χ2n) is 12.2. The molecule has 0 rings (SSSR count). The average molecular weight is 792 g/mol. The number of rotatable bonds is 28. The van der Waals surface area contributed by atoms with Crippen molar-refractivity contribution in [1.82, 2.24) is 26.6 Å². The van der Waals surface area contributed by atoms with Crippen LogP contribution in [-0.4, -0.2) is 136 Å². The highest BCUT2D eigenvalue weighted by Gasteiger charge is 2.33. The number of carbonyl (C=O) groups excluding carboxylic acids is 5. The number of carboxylic acids is 2. The second kappa shape index (κ2) is 26.8. The van der Waals surface area contributed by atoms with E-state index in [1.807, 2.05) is 0 Å². The van der Waals surface area contributed by atoms with Gasteiger partial charge in [0.15, 0.2) is 18.0 Å². The maximum Gasteiger partial charge on any atom is 0.328 e. The van der Waals surface area contributed by atoms with Crippen molar-refractivity contribution in [2.75, 3.05) is 25.4 Å². The Labute approximate surface area is 318 Å². The molecular weight excluding hydrogens is 734 g/mol. The number of carboxylic acid groups (broad SMARTS) is 2. The summed E-state index contributed by atoms with van der Waals surface area (Å²) in [5.41, 5.74) is 33.0. The number of nitrogens with one attached hydrogen (secondary N) is 5. The highest BCUT2D eigenvalue weighted by atomic mass is 32.1. The van der Waals surface area contributed by atoms with Gasteiger partial charge in [-0.15, -0.1) is 0 Å². The third kappa shape index (κ3) is 20.9. The van der Waals surface area contributed by atoms with E-state index in [0.717, 1.165) is 6.92 Å². The third-order valence-corrected chi connectivity index (χ3v) is 7.97. The topological polar surface area (TPSA) is 421 Å². The zero-order valence-corrected chi connectivity index (χ0v) is 31.1. The standard InChI is InChI=1S/C30H57N13O10S/c1-15(44)22(28(52)53)43-27(51)20(14-54)42-26(50)19(8-5-13-38-30(35)36)41-24(48)17(6-2-3-11-31)40-25(49)18(7-4-12-37-29(33)34)39-23(47)16(32)9-10-21(45)46/h15-20,22,44,54H,2-14,31-32H2,1H3,(H,39,47)(H,40,49)(H,41,48)(H,42,50)(H,43,51)(H,45,46)(H,52,53)(H4,33,34,37)(H4,35,36,38)/t15-,16+,17+,18+,19+,20+,22+/m1/s1. The number of aliphatic carboxylic acids is 2. The summed E-state index contributed by atoms with van der Waals surface area (Å²) >= 11 is 4.08. The van der Waals surface area contributed by atoms with E-state index in [4.69, 9.17) is 39.5 Å². The molecule has 0 bridgehead atoms. The fourth-order valence-corrected chi connectivity index (χ4v) is 4.91. The Balaban J connectivity index is 6.31. The summed E-state index contributed by atoms with van der Waals surface area (Å²) in [5, 5.41) is 40.2. The molecule has 0 aromatic carbocycles. The Bertz CT molecular complexity index is 1310. The lowest BCUT2D eigenvalue weighted by Crippen LogP contribution is -2.60. The summed E-state index contributed by atoms with van der Waals surface area (Å²) in [7, 11) is 0. The largest absolute Gasteiger partial charge is 0.481 e. The molecule has 23 nitrogen and oxygen atoms in total. The molecule has 0 heterocycles. The van der Waals surface area contributed by atoms with Crippen LogP contribution in [0.4, 0.5) is 0 Å². The van der Waals surface area contributed by atoms with E-state index < -0.39 is 90.3 Å². The first kappa shape index (κ1) is 49.1. The Kier molecular flexibility index (Phi) is 24.3. The van der Waals surface area contributed by atoms with Gasteiger partial charge in [-0.3, -0.25) is 38.8 Å².